The lowest BCUT2D eigenvalue weighted by Gasteiger charge is -2.33. The second-order valence-corrected chi connectivity index (χ2v) is 5.71. The molecule has 22 heavy (non-hydrogen) atoms. The summed E-state index contributed by atoms with van der Waals surface area (Å²) in [4.78, 5) is 30.4. The van der Waals surface area contributed by atoms with Crippen LogP contribution in [0.25, 0.3) is 0 Å². The van der Waals surface area contributed by atoms with Gasteiger partial charge in [-0.3, -0.25) is 9.59 Å². The maximum atomic E-state index is 12.1. The van der Waals surface area contributed by atoms with Crippen molar-refractivity contribution in [2.45, 2.75) is 46.3 Å². The van der Waals surface area contributed by atoms with Crippen LogP contribution >= 0.6 is 0 Å². The molecule has 0 fully saturated rings. The number of nitrogens with one attached hydrogen (secondary N) is 1. The van der Waals surface area contributed by atoms with Gasteiger partial charge in [0.1, 0.15) is 18.1 Å². The van der Waals surface area contributed by atoms with Crippen molar-refractivity contribution in [2.75, 3.05) is 19.8 Å². The maximum absolute atomic E-state index is 12.1. The topological polar surface area (TPSA) is 76.5 Å². The van der Waals surface area contributed by atoms with Crippen molar-refractivity contribution in [3.63, 3.8) is 0 Å². The average Bonchev–Trinajstić information content (AvgIpc) is 2.89. The molecule has 1 aromatic rings. The molecule has 0 unspecified atom stereocenters. The number of carbonyl (C=O) groups excluding carboxylic acids is 2. The highest BCUT2D eigenvalue weighted by molar-refractivity contribution is 5.92. The molecule has 2 heterocycles. The Balaban J connectivity index is 2.13. The number of hydrogen-bond donors (Lipinski definition) is 1. The molecule has 7 nitrogen and oxygen atoms in total. The summed E-state index contributed by atoms with van der Waals surface area (Å²) in [6.07, 6.45) is 1.76. The van der Waals surface area contributed by atoms with Crippen molar-refractivity contribution in [3.8, 4) is 0 Å². The molecule has 1 aliphatic heterocycles. The largest absolute Gasteiger partial charge is 0.372 e. The summed E-state index contributed by atoms with van der Waals surface area (Å²) >= 11 is 0. The molecule has 1 aliphatic rings. The van der Waals surface area contributed by atoms with Crippen LogP contribution in [0, 0.1) is 0 Å². The highest BCUT2D eigenvalue weighted by atomic mass is 16.5. The van der Waals surface area contributed by atoms with E-state index in [4.69, 9.17) is 4.74 Å². The number of amides is 2. The Morgan fingerprint density at radius 3 is 2.82 bits per heavy atom. The number of ether oxygens (including phenoxy) is 1. The molecule has 2 amide bonds. The van der Waals surface area contributed by atoms with Gasteiger partial charge in [-0.2, -0.15) is 0 Å². The molecule has 0 radical (unpaired) electrons. The van der Waals surface area contributed by atoms with Gasteiger partial charge < -0.3 is 19.5 Å². The molecule has 0 aliphatic carbocycles. The number of fused-ring (bicyclic) bond motifs is 1. The smallest absolute Gasteiger partial charge is 0.271 e. The van der Waals surface area contributed by atoms with E-state index in [0.717, 1.165) is 5.82 Å². The Morgan fingerprint density at radius 1 is 1.45 bits per heavy atom. The maximum Gasteiger partial charge on any atom is 0.271 e. The van der Waals surface area contributed by atoms with Crippen LogP contribution in [0.1, 0.15) is 50.0 Å². The normalized spacial score (nSPS) is 17.5. The van der Waals surface area contributed by atoms with Crippen molar-refractivity contribution in [1.29, 1.82) is 0 Å². The van der Waals surface area contributed by atoms with Crippen LogP contribution in [0.4, 0.5) is 0 Å². The lowest BCUT2D eigenvalue weighted by molar-refractivity contribution is -0.139. The zero-order valence-electron chi connectivity index (χ0n) is 13.6. The summed E-state index contributed by atoms with van der Waals surface area (Å²) in [6.45, 7) is 9.44. The molecule has 1 atom stereocenters. The van der Waals surface area contributed by atoms with Crippen molar-refractivity contribution >= 4 is 11.8 Å². The standard InChI is InChI=1S/C15H24N4O3/c1-5-22-9-13(20)19-7-6-18-8-12(15(21)16-10(2)3)17-14(18)11(19)4/h8,10-11H,5-7,9H2,1-4H3,(H,16,21)/t11-/m1/s1. The van der Waals surface area contributed by atoms with Crippen LogP contribution in [-0.2, 0) is 16.1 Å². The van der Waals surface area contributed by atoms with Crippen LogP contribution in [0.3, 0.4) is 0 Å². The zero-order chi connectivity index (χ0) is 16.3. The molecule has 0 aromatic carbocycles. The Kier molecular flexibility index (Phi) is 5.18. The molecular weight excluding hydrogens is 284 g/mol. The first kappa shape index (κ1) is 16.5. The summed E-state index contributed by atoms with van der Waals surface area (Å²) in [6, 6.07) is -0.102. The second-order valence-electron chi connectivity index (χ2n) is 5.71. The number of hydrogen-bond acceptors (Lipinski definition) is 4. The van der Waals surface area contributed by atoms with E-state index in [0.29, 0.717) is 25.4 Å². The number of rotatable bonds is 5. The highest BCUT2D eigenvalue weighted by Crippen LogP contribution is 2.24. The summed E-state index contributed by atoms with van der Waals surface area (Å²) in [7, 11) is 0. The highest BCUT2D eigenvalue weighted by Gasteiger charge is 2.30. The van der Waals surface area contributed by atoms with Gasteiger partial charge in [-0.05, 0) is 27.7 Å². The molecular formula is C15H24N4O3. The van der Waals surface area contributed by atoms with Crippen LogP contribution in [0.15, 0.2) is 6.20 Å². The molecule has 2 rings (SSSR count). The fourth-order valence-electron chi connectivity index (χ4n) is 2.55. The first-order chi connectivity index (χ1) is 10.4. The summed E-state index contributed by atoms with van der Waals surface area (Å²) in [5.41, 5.74) is 0.398. The van der Waals surface area contributed by atoms with Gasteiger partial charge in [0.05, 0.1) is 6.04 Å². The van der Waals surface area contributed by atoms with Gasteiger partial charge in [0.2, 0.25) is 5.91 Å². The van der Waals surface area contributed by atoms with Crippen molar-refractivity contribution < 1.29 is 14.3 Å². The molecule has 122 valence electrons. The fraction of sp³-hybridized carbons (Fsp3) is 0.667. The Bertz CT molecular complexity index is 553. The van der Waals surface area contributed by atoms with Crippen LogP contribution in [-0.4, -0.2) is 52.1 Å². The second kappa shape index (κ2) is 6.91. The SMILES string of the molecule is CCOCC(=O)N1CCn2cc(C(=O)NC(C)C)nc2[C@H]1C. The van der Waals surface area contributed by atoms with Crippen LogP contribution in [0.2, 0.25) is 0 Å². The molecule has 1 N–H and O–H groups in total. The van der Waals surface area contributed by atoms with Gasteiger partial charge in [0, 0.05) is 31.9 Å². The molecule has 1 aromatic heterocycles. The minimum Gasteiger partial charge on any atom is -0.372 e. The van der Waals surface area contributed by atoms with Gasteiger partial charge in [-0.25, -0.2) is 4.98 Å². The first-order valence-electron chi connectivity index (χ1n) is 7.69. The molecule has 0 spiro atoms. The average molecular weight is 308 g/mol. The summed E-state index contributed by atoms with van der Waals surface area (Å²) < 4.78 is 7.14. The van der Waals surface area contributed by atoms with Gasteiger partial charge >= 0.3 is 0 Å². The third-order valence-electron chi connectivity index (χ3n) is 3.63. The van der Waals surface area contributed by atoms with E-state index in [-0.39, 0.29) is 30.5 Å². The van der Waals surface area contributed by atoms with E-state index in [2.05, 4.69) is 10.3 Å². The van der Waals surface area contributed by atoms with E-state index in [1.54, 1.807) is 11.1 Å². The van der Waals surface area contributed by atoms with E-state index in [1.807, 2.05) is 32.3 Å². The van der Waals surface area contributed by atoms with Crippen LogP contribution in [0.5, 0.6) is 0 Å². The number of carbonyl (C=O) groups is 2. The minimum absolute atomic E-state index is 0.0446. The zero-order valence-corrected chi connectivity index (χ0v) is 13.6. The van der Waals surface area contributed by atoms with Crippen LogP contribution < -0.4 is 5.32 Å². The molecule has 7 heteroatoms. The quantitative estimate of drug-likeness (QED) is 0.879. The lowest BCUT2D eigenvalue weighted by Crippen LogP contribution is -2.42. The third-order valence-corrected chi connectivity index (χ3v) is 3.63. The number of nitrogens with zero attached hydrogens (tertiary/aromatic N) is 3. The van der Waals surface area contributed by atoms with Gasteiger partial charge in [-0.15, -0.1) is 0 Å². The first-order valence-corrected chi connectivity index (χ1v) is 7.69. The predicted octanol–water partition coefficient (Wildman–Crippen LogP) is 0.961. The number of aromatic nitrogens is 2. The van der Waals surface area contributed by atoms with E-state index in [1.165, 1.54) is 0 Å². The van der Waals surface area contributed by atoms with Crippen molar-refractivity contribution in [2.24, 2.45) is 0 Å². The number of imidazole rings is 1. The Hall–Kier alpha value is -1.89. The predicted molar refractivity (Wildman–Crippen MR) is 81.5 cm³/mol. The van der Waals surface area contributed by atoms with E-state index >= 15 is 0 Å². The molecule has 0 saturated heterocycles. The monoisotopic (exact) mass is 308 g/mol. The van der Waals surface area contributed by atoms with Crippen molar-refractivity contribution in [3.05, 3.63) is 17.7 Å². The fourth-order valence-corrected chi connectivity index (χ4v) is 2.55. The Morgan fingerprint density at radius 2 is 2.18 bits per heavy atom. The van der Waals surface area contributed by atoms with Gasteiger partial charge in [-0.1, -0.05) is 0 Å². The van der Waals surface area contributed by atoms with E-state index in [9.17, 15) is 9.59 Å². The van der Waals surface area contributed by atoms with E-state index < -0.39 is 0 Å². The van der Waals surface area contributed by atoms with Gasteiger partial charge in [0.25, 0.3) is 5.91 Å². The van der Waals surface area contributed by atoms with Gasteiger partial charge in [0.15, 0.2) is 0 Å². The lowest BCUT2D eigenvalue weighted by atomic mass is 10.2. The minimum atomic E-state index is -0.184. The molecule has 0 bridgehead atoms. The summed E-state index contributed by atoms with van der Waals surface area (Å²) in [5.74, 6) is 0.512. The van der Waals surface area contributed by atoms with Crippen molar-refractivity contribution in [1.82, 2.24) is 19.8 Å². The molecule has 0 saturated carbocycles. The Labute approximate surface area is 130 Å². The summed E-state index contributed by atoms with van der Waals surface area (Å²) in [5, 5.41) is 2.83. The third kappa shape index (κ3) is 3.47.